The van der Waals surface area contributed by atoms with Gasteiger partial charge < -0.3 is 14.9 Å². The van der Waals surface area contributed by atoms with Crippen molar-refractivity contribution in [2.75, 3.05) is 13.2 Å². The van der Waals surface area contributed by atoms with Crippen LogP contribution in [0.1, 0.15) is 52.9 Å². The molecule has 1 aliphatic rings. The van der Waals surface area contributed by atoms with E-state index in [0.29, 0.717) is 19.4 Å². The van der Waals surface area contributed by atoms with E-state index >= 15 is 0 Å². The Morgan fingerprint density at radius 1 is 1.53 bits per heavy atom. The fourth-order valence-electron chi connectivity index (χ4n) is 2.69. The number of hydrogen-bond donors (Lipinski definition) is 2. The standard InChI is InChI=1S/C15H26O4/c1-4-19-13(17)15(14(2,3)18)9-7-12(8-10-15)6-5-11-16/h7,16,18H,4-6,8-11H2,1-3H3. The molecular weight excluding hydrogens is 244 g/mol. The Morgan fingerprint density at radius 3 is 2.63 bits per heavy atom. The molecule has 0 aromatic heterocycles. The third kappa shape index (κ3) is 3.57. The summed E-state index contributed by atoms with van der Waals surface area (Å²) in [6.45, 7) is 5.65. The van der Waals surface area contributed by atoms with Gasteiger partial charge >= 0.3 is 5.97 Å². The van der Waals surface area contributed by atoms with Crippen molar-refractivity contribution in [2.45, 2.75) is 58.5 Å². The van der Waals surface area contributed by atoms with Crippen LogP contribution in [-0.2, 0) is 9.53 Å². The minimum Gasteiger partial charge on any atom is -0.465 e. The lowest BCUT2D eigenvalue weighted by Crippen LogP contribution is -2.51. The molecule has 110 valence electrons. The molecular formula is C15H26O4. The summed E-state index contributed by atoms with van der Waals surface area (Å²) in [6.07, 6.45) is 5.54. The summed E-state index contributed by atoms with van der Waals surface area (Å²) in [5.74, 6) is -0.306. The molecule has 0 aliphatic heterocycles. The number of aliphatic hydroxyl groups excluding tert-OH is 1. The normalized spacial score (nSPS) is 23.9. The summed E-state index contributed by atoms with van der Waals surface area (Å²) in [6, 6.07) is 0. The van der Waals surface area contributed by atoms with Crippen molar-refractivity contribution in [1.82, 2.24) is 0 Å². The van der Waals surface area contributed by atoms with Gasteiger partial charge in [0.15, 0.2) is 0 Å². The molecule has 0 saturated carbocycles. The predicted molar refractivity (Wildman–Crippen MR) is 73.6 cm³/mol. The van der Waals surface area contributed by atoms with Gasteiger partial charge in [0.1, 0.15) is 0 Å². The van der Waals surface area contributed by atoms with Crippen LogP contribution in [0.25, 0.3) is 0 Å². The SMILES string of the molecule is CCOC(=O)C1(C(C)(C)O)CC=C(CCCO)CC1. The molecule has 1 unspecified atom stereocenters. The molecule has 0 amide bonds. The van der Waals surface area contributed by atoms with Crippen molar-refractivity contribution < 1.29 is 19.7 Å². The molecule has 4 heteroatoms. The highest BCUT2D eigenvalue weighted by Crippen LogP contribution is 2.45. The predicted octanol–water partition coefficient (Wildman–Crippen LogP) is 2.19. The molecule has 0 fully saturated rings. The van der Waals surface area contributed by atoms with Crippen molar-refractivity contribution in [3.8, 4) is 0 Å². The first kappa shape index (κ1) is 16.2. The topological polar surface area (TPSA) is 66.8 Å². The summed E-state index contributed by atoms with van der Waals surface area (Å²) in [4.78, 5) is 12.2. The first-order valence-corrected chi connectivity index (χ1v) is 7.06. The molecule has 0 spiro atoms. The maximum Gasteiger partial charge on any atom is 0.315 e. The van der Waals surface area contributed by atoms with Crippen LogP contribution < -0.4 is 0 Å². The number of carbonyl (C=O) groups is 1. The minimum atomic E-state index is -1.10. The molecule has 4 nitrogen and oxygen atoms in total. The zero-order valence-electron chi connectivity index (χ0n) is 12.2. The summed E-state index contributed by atoms with van der Waals surface area (Å²) >= 11 is 0. The molecule has 1 rings (SSSR count). The van der Waals surface area contributed by atoms with Gasteiger partial charge in [0.25, 0.3) is 0 Å². The van der Waals surface area contributed by atoms with E-state index in [0.717, 1.165) is 19.3 Å². The van der Waals surface area contributed by atoms with E-state index in [1.54, 1.807) is 20.8 Å². The summed E-state index contributed by atoms with van der Waals surface area (Å²) < 4.78 is 5.16. The number of hydrogen-bond acceptors (Lipinski definition) is 4. The van der Waals surface area contributed by atoms with Crippen molar-refractivity contribution in [3.05, 3.63) is 11.6 Å². The maximum absolute atomic E-state index is 12.2. The van der Waals surface area contributed by atoms with Gasteiger partial charge in [-0.3, -0.25) is 4.79 Å². The number of rotatable bonds is 6. The van der Waals surface area contributed by atoms with Crippen molar-refractivity contribution in [1.29, 1.82) is 0 Å². The second-order valence-electron chi connectivity index (χ2n) is 5.76. The fourth-order valence-corrected chi connectivity index (χ4v) is 2.69. The monoisotopic (exact) mass is 270 g/mol. The maximum atomic E-state index is 12.2. The number of esters is 1. The zero-order valence-corrected chi connectivity index (χ0v) is 12.2. The molecule has 1 atom stereocenters. The lowest BCUT2D eigenvalue weighted by Gasteiger charge is -2.43. The number of carbonyl (C=O) groups excluding carboxylic acids is 1. The Morgan fingerprint density at radius 2 is 2.21 bits per heavy atom. The van der Waals surface area contributed by atoms with Crippen LogP contribution in [0.2, 0.25) is 0 Å². The van der Waals surface area contributed by atoms with E-state index in [4.69, 9.17) is 9.84 Å². The Hall–Kier alpha value is -0.870. The van der Waals surface area contributed by atoms with Crippen molar-refractivity contribution >= 4 is 5.97 Å². The third-order valence-corrected chi connectivity index (χ3v) is 4.11. The lowest BCUT2D eigenvalue weighted by atomic mass is 9.65. The smallest absolute Gasteiger partial charge is 0.315 e. The summed E-state index contributed by atoms with van der Waals surface area (Å²) in [7, 11) is 0. The van der Waals surface area contributed by atoms with Gasteiger partial charge in [0, 0.05) is 6.61 Å². The quantitative estimate of drug-likeness (QED) is 0.573. The summed E-state index contributed by atoms with van der Waals surface area (Å²) in [5, 5.41) is 19.2. The second-order valence-corrected chi connectivity index (χ2v) is 5.76. The first-order chi connectivity index (χ1) is 8.87. The van der Waals surface area contributed by atoms with Crippen LogP contribution in [0.4, 0.5) is 0 Å². The molecule has 1 aliphatic carbocycles. The Bertz CT molecular complexity index is 341. The third-order valence-electron chi connectivity index (χ3n) is 4.11. The molecule has 0 heterocycles. The first-order valence-electron chi connectivity index (χ1n) is 7.06. The number of allylic oxidation sites excluding steroid dienone is 2. The van der Waals surface area contributed by atoms with E-state index < -0.39 is 11.0 Å². The van der Waals surface area contributed by atoms with E-state index in [-0.39, 0.29) is 12.6 Å². The molecule has 0 bridgehead atoms. The van der Waals surface area contributed by atoms with Gasteiger partial charge in [-0.2, -0.15) is 0 Å². The van der Waals surface area contributed by atoms with E-state index in [2.05, 4.69) is 0 Å². The largest absolute Gasteiger partial charge is 0.465 e. The van der Waals surface area contributed by atoms with Crippen LogP contribution >= 0.6 is 0 Å². The Labute approximate surface area is 115 Å². The van der Waals surface area contributed by atoms with Crippen molar-refractivity contribution in [3.63, 3.8) is 0 Å². The zero-order chi connectivity index (χ0) is 14.5. The minimum absolute atomic E-state index is 0.186. The van der Waals surface area contributed by atoms with Crippen LogP contribution in [0.5, 0.6) is 0 Å². The molecule has 19 heavy (non-hydrogen) atoms. The fraction of sp³-hybridized carbons (Fsp3) is 0.800. The average molecular weight is 270 g/mol. The Kier molecular flexibility index (Phi) is 5.56. The van der Waals surface area contributed by atoms with Gasteiger partial charge in [-0.1, -0.05) is 11.6 Å². The Balaban J connectivity index is 2.86. The van der Waals surface area contributed by atoms with E-state index in [1.165, 1.54) is 5.57 Å². The van der Waals surface area contributed by atoms with E-state index in [9.17, 15) is 9.90 Å². The van der Waals surface area contributed by atoms with Crippen LogP contribution in [0, 0.1) is 5.41 Å². The van der Waals surface area contributed by atoms with Crippen molar-refractivity contribution in [2.24, 2.45) is 5.41 Å². The molecule has 0 radical (unpaired) electrons. The van der Waals surface area contributed by atoms with Gasteiger partial charge in [-0.05, 0) is 52.9 Å². The molecule has 0 aromatic rings. The second kappa shape index (κ2) is 6.53. The molecule has 0 aromatic carbocycles. The average Bonchev–Trinajstić information content (AvgIpc) is 2.35. The van der Waals surface area contributed by atoms with E-state index in [1.807, 2.05) is 6.08 Å². The van der Waals surface area contributed by atoms with Crippen LogP contribution in [0.15, 0.2) is 11.6 Å². The number of aliphatic hydroxyl groups is 2. The van der Waals surface area contributed by atoms with Gasteiger partial charge in [0.05, 0.1) is 17.6 Å². The highest BCUT2D eigenvalue weighted by molar-refractivity contribution is 5.79. The highest BCUT2D eigenvalue weighted by Gasteiger charge is 2.51. The van der Waals surface area contributed by atoms with Crippen LogP contribution in [-0.4, -0.2) is 35.0 Å². The van der Waals surface area contributed by atoms with Gasteiger partial charge in [0.2, 0.25) is 0 Å². The van der Waals surface area contributed by atoms with Gasteiger partial charge in [-0.25, -0.2) is 0 Å². The summed E-state index contributed by atoms with van der Waals surface area (Å²) in [5.41, 5.74) is -0.678. The molecule has 0 saturated heterocycles. The van der Waals surface area contributed by atoms with Crippen LogP contribution in [0.3, 0.4) is 0 Å². The highest BCUT2D eigenvalue weighted by atomic mass is 16.5. The number of ether oxygens (including phenoxy) is 1. The molecule has 2 N–H and O–H groups in total. The lowest BCUT2D eigenvalue weighted by molar-refractivity contribution is -0.173. The van der Waals surface area contributed by atoms with Gasteiger partial charge in [-0.15, -0.1) is 0 Å².